The second kappa shape index (κ2) is 13.0. The molecule has 0 fully saturated rings. The molecule has 1 aliphatic heterocycles. The molecule has 2 atom stereocenters. The lowest BCUT2D eigenvalue weighted by Crippen LogP contribution is -2.47. The van der Waals surface area contributed by atoms with Crippen LogP contribution in [0, 0.1) is 0 Å². The van der Waals surface area contributed by atoms with Gasteiger partial charge in [-0.3, -0.25) is 4.79 Å². The molecule has 1 aliphatic rings. The molecule has 0 bridgehead atoms. The summed E-state index contributed by atoms with van der Waals surface area (Å²) >= 11 is 0. The number of ether oxygens (including phenoxy) is 4. The van der Waals surface area contributed by atoms with Crippen molar-refractivity contribution in [1.29, 1.82) is 0 Å². The second-order valence-electron chi connectivity index (χ2n) is 9.05. The Morgan fingerprint density at radius 2 is 1.82 bits per heavy atom. The number of nitrogens with one attached hydrogen (secondary N) is 1. The summed E-state index contributed by atoms with van der Waals surface area (Å²) in [5, 5.41) is 12.0. The standard InChI is InChI=1S/C31H34N2O6/c1-4-17-31(30(35)32-21-24-13-16-26(36-2)20-27(24)37-3)28(22-9-6-5-7-10-22)39-29(33-31)23-11-14-25(15-12-23)38-19-8-18-34/h4-7,9-16,20,28,34H,1,8,17-19,21H2,2-3H3,(H,32,35)/t28-,31-/m1/s1. The van der Waals surface area contributed by atoms with Crippen molar-refractivity contribution in [2.24, 2.45) is 4.99 Å². The average Bonchev–Trinajstić information content (AvgIpc) is 3.37. The number of hydrogen-bond acceptors (Lipinski definition) is 7. The first kappa shape index (κ1) is 27.7. The first-order valence-corrected chi connectivity index (χ1v) is 12.8. The molecule has 2 N–H and O–H groups in total. The molecule has 204 valence electrons. The van der Waals surface area contributed by atoms with E-state index >= 15 is 0 Å². The highest BCUT2D eigenvalue weighted by molar-refractivity contribution is 6.01. The predicted octanol–water partition coefficient (Wildman–Crippen LogP) is 4.61. The van der Waals surface area contributed by atoms with Crippen LogP contribution in [0.2, 0.25) is 0 Å². The summed E-state index contributed by atoms with van der Waals surface area (Å²) < 4.78 is 22.8. The van der Waals surface area contributed by atoms with E-state index in [1.54, 1.807) is 26.4 Å². The maximum Gasteiger partial charge on any atom is 0.252 e. The van der Waals surface area contributed by atoms with Crippen LogP contribution in [0.4, 0.5) is 0 Å². The smallest absolute Gasteiger partial charge is 0.252 e. The van der Waals surface area contributed by atoms with E-state index in [2.05, 4.69) is 11.9 Å². The van der Waals surface area contributed by atoms with E-state index < -0.39 is 11.6 Å². The minimum Gasteiger partial charge on any atom is -0.497 e. The fourth-order valence-corrected chi connectivity index (χ4v) is 4.49. The normalized spacial score (nSPS) is 18.0. The minimum atomic E-state index is -1.27. The number of aliphatic imine (C=N–C) groups is 1. The largest absolute Gasteiger partial charge is 0.497 e. The van der Waals surface area contributed by atoms with Gasteiger partial charge >= 0.3 is 0 Å². The van der Waals surface area contributed by atoms with E-state index in [9.17, 15) is 4.79 Å². The van der Waals surface area contributed by atoms with E-state index in [1.807, 2.05) is 66.7 Å². The maximum atomic E-state index is 14.0. The predicted molar refractivity (Wildman–Crippen MR) is 149 cm³/mol. The molecule has 3 aromatic carbocycles. The average molecular weight is 531 g/mol. The Labute approximate surface area is 228 Å². The van der Waals surface area contributed by atoms with Gasteiger partial charge in [0.15, 0.2) is 11.6 Å². The van der Waals surface area contributed by atoms with E-state index in [4.69, 9.17) is 29.0 Å². The van der Waals surface area contributed by atoms with Crippen molar-refractivity contribution in [2.45, 2.75) is 31.0 Å². The van der Waals surface area contributed by atoms with Crippen LogP contribution in [-0.4, -0.2) is 49.9 Å². The topological polar surface area (TPSA) is 98.6 Å². The third-order valence-corrected chi connectivity index (χ3v) is 6.52. The van der Waals surface area contributed by atoms with Gasteiger partial charge in [-0.2, -0.15) is 0 Å². The highest BCUT2D eigenvalue weighted by Crippen LogP contribution is 2.42. The quantitative estimate of drug-likeness (QED) is 0.247. The van der Waals surface area contributed by atoms with Gasteiger partial charge in [0.05, 0.1) is 20.8 Å². The number of rotatable bonds is 13. The first-order chi connectivity index (χ1) is 19.0. The zero-order chi connectivity index (χ0) is 27.7. The third-order valence-electron chi connectivity index (χ3n) is 6.52. The molecule has 0 radical (unpaired) electrons. The van der Waals surface area contributed by atoms with Crippen molar-refractivity contribution >= 4 is 11.8 Å². The highest BCUT2D eigenvalue weighted by Gasteiger charge is 2.52. The molecular weight excluding hydrogens is 496 g/mol. The Morgan fingerprint density at radius 1 is 1.08 bits per heavy atom. The zero-order valence-corrected chi connectivity index (χ0v) is 22.3. The summed E-state index contributed by atoms with van der Waals surface area (Å²) in [4.78, 5) is 18.9. The summed E-state index contributed by atoms with van der Waals surface area (Å²) in [6.45, 7) is 4.64. The van der Waals surface area contributed by atoms with E-state index in [0.29, 0.717) is 36.2 Å². The van der Waals surface area contributed by atoms with Crippen LogP contribution < -0.4 is 19.5 Å². The SMILES string of the molecule is C=CC[C@@]1(C(=O)NCc2ccc(OC)cc2OC)N=C(c2ccc(OCCCO)cc2)O[C@@H]1c1ccccc1. The summed E-state index contributed by atoms with van der Waals surface area (Å²) in [7, 11) is 3.17. The Kier molecular flexibility index (Phi) is 9.22. The van der Waals surface area contributed by atoms with Crippen molar-refractivity contribution in [3.63, 3.8) is 0 Å². The lowest BCUT2D eigenvalue weighted by atomic mass is 9.84. The molecule has 0 saturated heterocycles. The van der Waals surface area contributed by atoms with Crippen LogP contribution in [0.1, 0.15) is 35.6 Å². The fraction of sp³-hybridized carbons (Fsp3) is 0.290. The van der Waals surface area contributed by atoms with E-state index in [-0.39, 0.29) is 25.5 Å². The van der Waals surface area contributed by atoms with Gasteiger partial charge in [0.2, 0.25) is 5.90 Å². The van der Waals surface area contributed by atoms with Gasteiger partial charge in [-0.25, -0.2) is 4.99 Å². The van der Waals surface area contributed by atoms with Crippen molar-refractivity contribution in [2.75, 3.05) is 27.4 Å². The van der Waals surface area contributed by atoms with Gasteiger partial charge in [-0.05, 0) is 42.0 Å². The molecule has 8 heteroatoms. The number of aliphatic hydroxyl groups excluding tert-OH is 1. The number of methoxy groups -OCH3 is 2. The Morgan fingerprint density at radius 3 is 2.49 bits per heavy atom. The molecule has 0 aromatic heterocycles. The Balaban J connectivity index is 1.65. The van der Waals surface area contributed by atoms with Crippen LogP contribution >= 0.6 is 0 Å². The molecule has 39 heavy (non-hydrogen) atoms. The first-order valence-electron chi connectivity index (χ1n) is 12.8. The van der Waals surface area contributed by atoms with Crippen LogP contribution in [0.5, 0.6) is 17.2 Å². The summed E-state index contributed by atoms with van der Waals surface area (Å²) in [6, 6.07) is 22.4. The fourth-order valence-electron chi connectivity index (χ4n) is 4.49. The van der Waals surface area contributed by atoms with Crippen LogP contribution in [-0.2, 0) is 16.1 Å². The van der Waals surface area contributed by atoms with Gasteiger partial charge in [0.1, 0.15) is 17.2 Å². The maximum absolute atomic E-state index is 14.0. The molecule has 0 spiro atoms. The van der Waals surface area contributed by atoms with Gasteiger partial charge in [-0.1, -0.05) is 36.4 Å². The summed E-state index contributed by atoms with van der Waals surface area (Å²) in [5.74, 6) is 2.03. The summed E-state index contributed by atoms with van der Waals surface area (Å²) in [5.41, 5.74) is 1.09. The summed E-state index contributed by atoms with van der Waals surface area (Å²) in [6.07, 6.45) is 1.85. The molecular formula is C31H34N2O6. The van der Waals surface area contributed by atoms with Gasteiger partial charge < -0.3 is 29.4 Å². The van der Waals surface area contributed by atoms with E-state index in [0.717, 1.165) is 16.7 Å². The number of aliphatic hydroxyl groups is 1. The molecule has 3 aromatic rings. The number of amides is 1. The number of carbonyl (C=O) groups is 1. The zero-order valence-electron chi connectivity index (χ0n) is 22.3. The van der Waals surface area contributed by atoms with E-state index in [1.165, 1.54) is 0 Å². The monoisotopic (exact) mass is 530 g/mol. The van der Waals surface area contributed by atoms with Gasteiger partial charge in [0.25, 0.3) is 5.91 Å². The Hall–Kier alpha value is -4.30. The van der Waals surface area contributed by atoms with Crippen LogP contribution in [0.15, 0.2) is 90.4 Å². The van der Waals surface area contributed by atoms with Gasteiger partial charge in [0, 0.05) is 43.2 Å². The number of benzene rings is 3. The lowest BCUT2D eigenvalue weighted by Gasteiger charge is -2.29. The van der Waals surface area contributed by atoms with Crippen molar-refractivity contribution in [3.05, 3.63) is 102 Å². The number of carbonyl (C=O) groups excluding carboxylic acids is 1. The lowest BCUT2D eigenvalue weighted by molar-refractivity contribution is -0.129. The third kappa shape index (κ3) is 6.23. The van der Waals surface area contributed by atoms with Crippen LogP contribution in [0.3, 0.4) is 0 Å². The minimum absolute atomic E-state index is 0.0717. The van der Waals surface area contributed by atoms with Crippen molar-refractivity contribution in [1.82, 2.24) is 5.32 Å². The molecule has 0 aliphatic carbocycles. The molecule has 4 rings (SSSR count). The van der Waals surface area contributed by atoms with Crippen molar-refractivity contribution in [3.8, 4) is 17.2 Å². The molecule has 0 unspecified atom stereocenters. The van der Waals surface area contributed by atoms with Crippen LogP contribution in [0.25, 0.3) is 0 Å². The van der Waals surface area contributed by atoms with Gasteiger partial charge in [-0.15, -0.1) is 6.58 Å². The molecule has 1 heterocycles. The molecule has 0 saturated carbocycles. The second-order valence-corrected chi connectivity index (χ2v) is 9.05. The molecule has 1 amide bonds. The number of hydrogen-bond donors (Lipinski definition) is 2. The Bertz CT molecular complexity index is 1290. The van der Waals surface area contributed by atoms with Crippen molar-refractivity contribution < 1.29 is 28.8 Å². The molecule has 8 nitrogen and oxygen atoms in total. The number of nitrogens with zero attached hydrogens (tertiary/aromatic N) is 1. The highest BCUT2D eigenvalue weighted by atomic mass is 16.5.